The lowest BCUT2D eigenvalue weighted by molar-refractivity contribution is -0.137. The van der Waals surface area contributed by atoms with Gasteiger partial charge in [0, 0.05) is 11.5 Å². The number of allylic oxidation sites excluding steroid dienone is 2. The number of hydrogen-bond donors (Lipinski definition) is 1. The summed E-state index contributed by atoms with van der Waals surface area (Å²) < 4.78 is 11.4. The minimum absolute atomic E-state index is 0.0316. The maximum Gasteiger partial charge on any atom is 0.334 e. The monoisotopic (exact) mass is 332 g/mol. The third kappa shape index (κ3) is 3.65. The Labute approximate surface area is 144 Å². The number of fused-ring (bicyclic) bond motifs is 2. The summed E-state index contributed by atoms with van der Waals surface area (Å²) in [4.78, 5) is 11.9. The zero-order valence-electron chi connectivity index (χ0n) is 14.9. The molecule has 0 aromatic rings. The van der Waals surface area contributed by atoms with Crippen LogP contribution >= 0.6 is 0 Å². The van der Waals surface area contributed by atoms with Gasteiger partial charge in [0.2, 0.25) is 0 Å². The average Bonchev–Trinajstić information content (AvgIpc) is 3.06. The van der Waals surface area contributed by atoms with Gasteiger partial charge in [0.1, 0.15) is 6.10 Å². The second-order valence-corrected chi connectivity index (χ2v) is 7.97. The number of esters is 1. The molecule has 4 nitrogen and oxygen atoms in total. The summed E-state index contributed by atoms with van der Waals surface area (Å²) in [6, 6.07) is 0. The molecule has 1 N–H and O–H groups in total. The van der Waals surface area contributed by atoms with Crippen LogP contribution in [0.2, 0.25) is 0 Å². The molecule has 1 aliphatic carbocycles. The van der Waals surface area contributed by atoms with E-state index in [1.165, 1.54) is 0 Å². The highest BCUT2D eigenvalue weighted by Gasteiger charge is 2.52. The van der Waals surface area contributed by atoms with E-state index in [-0.39, 0.29) is 29.7 Å². The molecule has 0 aromatic carbocycles. The van der Waals surface area contributed by atoms with E-state index in [9.17, 15) is 9.90 Å². The second-order valence-electron chi connectivity index (χ2n) is 7.97. The van der Waals surface area contributed by atoms with Gasteiger partial charge in [-0.1, -0.05) is 24.3 Å². The number of carbonyl (C=O) groups is 1. The molecule has 0 unspecified atom stereocenters. The highest BCUT2D eigenvalue weighted by atomic mass is 16.6. The first kappa shape index (κ1) is 17.4. The van der Waals surface area contributed by atoms with Crippen LogP contribution in [0.1, 0.15) is 52.9 Å². The first-order valence-corrected chi connectivity index (χ1v) is 8.85. The highest BCUT2D eigenvalue weighted by molar-refractivity contribution is 5.91. The second kappa shape index (κ2) is 6.16. The first-order chi connectivity index (χ1) is 11.2. The SMILES string of the molecule is C=C1C(=O)O[C@@H]2/C=C(\C)C/C=C/[C@](C)(O)CC[C@H]3O[C@@]3(C)CC[C@H]12. The third-order valence-electron chi connectivity index (χ3n) is 5.61. The standard InChI is InChI=1S/C20H28O4/c1-13-6-5-9-19(3,22)10-8-17-20(4,24-17)11-7-15-14(2)18(21)23-16(15)12-13/h5,9,12,15-17,22H,2,6-8,10-11H2,1,3-4H3/b9-5+,13-12+/t15-,16-,17-,19+,20+/m1/s1. The van der Waals surface area contributed by atoms with Crippen molar-refractivity contribution in [3.8, 4) is 0 Å². The number of aliphatic hydroxyl groups is 1. The molecule has 0 amide bonds. The molecule has 2 saturated heterocycles. The van der Waals surface area contributed by atoms with Crippen molar-refractivity contribution in [2.45, 2.75) is 76.3 Å². The van der Waals surface area contributed by atoms with Crippen LogP contribution in [0.3, 0.4) is 0 Å². The van der Waals surface area contributed by atoms with Crippen molar-refractivity contribution in [3.63, 3.8) is 0 Å². The predicted octanol–water partition coefficient (Wildman–Crippen LogP) is 3.46. The van der Waals surface area contributed by atoms with E-state index < -0.39 is 5.60 Å². The molecular formula is C20H28O4. The number of carbonyl (C=O) groups excluding carboxylic acids is 1. The highest BCUT2D eigenvalue weighted by Crippen LogP contribution is 2.46. The van der Waals surface area contributed by atoms with Crippen molar-refractivity contribution >= 4 is 5.97 Å². The van der Waals surface area contributed by atoms with Gasteiger partial charge in [0.05, 0.1) is 17.3 Å². The van der Waals surface area contributed by atoms with E-state index in [2.05, 4.69) is 13.5 Å². The molecule has 0 bridgehead atoms. The largest absolute Gasteiger partial charge is 0.454 e. The molecule has 0 radical (unpaired) electrons. The molecule has 2 aliphatic heterocycles. The molecule has 24 heavy (non-hydrogen) atoms. The third-order valence-corrected chi connectivity index (χ3v) is 5.61. The molecule has 0 aromatic heterocycles. The van der Waals surface area contributed by atoms with E-state index in [1.807, 2.05) is 32.1 Å². The van der Waals surface area contributed by atoms with Crippen LogP contribution < -0.4 is 0 Å². The lowest BCUT2D eigenvalue weighted by atomic mass is 9.85. The fraction of sp³-hybridized carbons (Fsp3) is 0.650. The minimum Gasteiger partial charge on any atom is -0.454 e. The van der Waals surface area contributed by atoms with Crippen LogP contribution in [0.5, 0.6) is 0 Å². The maximum absolute atomic E-state index is 11.9. The number of ether oxygens (including phenoxy) is 2. The van der Waals surface area contributed by atoms with Crippen molar-refractivity contribution < 1.29 is 19.4 Å². The average molecular weight is 332 g/mol. The van der Waals surface area contributed by atoms with Crippen molar-refractivity contribution in [1.29, 1.82) is 0 Å². The smallest absolute Gasteiger partial charge is 0.334 e. The van der Waals surface area contributed by atoms with Crippen LogP contribution in [0.25, 0.3) is 0 Å². The summed E-state index contributed by atoms with van der Waals surface area (Å²) in [5.74, 6) is -0.251. The molecule has 2 heterocycles. The molecule has 5 atom stereocenters. The molecule has 0 spiro atoms. The van der Waals surface area contributed by atoms with Gasteiger partial charge < -0.3 is 14.6 Å². The number of epoxide rings is 1. The Balaban J connectivity index is 1.82. The Hall–Kier alpha value is -1.39. The molecule has 3 aliphatic rings. The van der Waals surface area contributed by atoms with E-state index in [0.29, 0.717) is 12.0 Å². The van der Waals surface area contributed by atoms with Gasteiger partial charge in [-0.15, -0.1) is 0 Å². The van der Waals surface area contributed by atoms with Gasteiger partial charge in [-0.05, 0) is 59.0 Å². The van der Waals surface area contributed by atoms with Crippen LogP contribution in [0.4, 0.5) is 0 Å². The Morgan fingerprint density at radius 1 is 1.29 bits per heavy atom. The summed E-state index contributed by atoms with van der Waals surface area (Å²) >= 11 is 0. The van der Waals surface area contributed by atoms with Crippen molar-refractivity contribution in [1.82, 2.24) is 0 Å². The quantitative estimate of drug-likeness (QED) is 0.319. The fourth-order valence-corrected chi connectivity index (χ4v) is 3.79. The molecule has 132 valence electrons. The molecule has 2 fully saturated rings. The first-order valence-electron chi connectivity index (χ1n) is 8.85. The van der Waals surface area contributed by atoms with Crippen LogP contribution in [-0.4, -0.2) is 34.5 Å². The number of hydrogen-bond acceptors (Lipinski definition) is 4. The van der Waals surface area contributed by atoms with Crippen molar-refractivity contribution in [2.24, 2.45) is 5.92 Å². The lowest BCUT2D eigenvalue weighted by Gasteiger charge is -2.20. The van der Waals surface area contributed by atoms with Gasteiger partial charge >= 0.3 is 5.97 Å². The summed E-state index contributed by atoms with van der Waals surface area (Å²) in [6.07, 6.45) is 9.81. The van der Waals surface area contributed by atoms with E-state index in [1.54, 1.807) is 0 Å². The summed E-state index contributed by atoms with van der Waals surface area (Å²) in [5, 5.41) is 10.5. The normalized spacial score (nSPS) is 46.8. The molecular weight excluding hydrogens is 304 g/mol. The summed E-state index contributed by atoms with van der Waals surface area (Å²) in [6.45, 7) is 9.92. The summed E-state index contributed by atoms with van der Waals surface area (Å²) in [7, 11) is 0. The number of rotatable bonds is 0. The van der Waals surface area contributed by atoms with Crippen molar-refractivity contribution in [3.05, 3.63) is 36.0 Å². The van der Waals surface area contributed by atoms with Crippen LogP contribution in [0.15, 0.2) is 36.0 Å². The predicted molar refractivity (Wildman–Crippen MR) is 92.4 cm³/mol. The van der Waals surface area contributed by atoms with E-state index in [0.717, 1.165) is 31.3 Å². The van der Waals surface area contributed by atoms with Crippen molar-refractivity contribution in [2.75, 3.05) is 0 Å². The van der Waals surface area contributed by atoms with Crippen LogP contribution in [0, 0.1) is 5.92 Å². The van der Waals surface area contributed by atoms with Gasteiger partial charge in [-0.3, -0.25) is 0 Å². The van der Waals surface area contributed by atoms with Gasteiger partial charge in [0.25, 0.3) is 0 Å². The Morgan fingerprint density at radius 3 is 2.79 bits per heavy atom. The zero-order valence-corrected chi connectivity index (χ0v) is 14.9. The van der Waals surface area contributed by atoms with Crippen LogP contribution in [-0.2, 0) is 14.3 Å². The van der Waals surface area contributed by atoms with Gasteiger partial charge in [-0.2, -0.15) is 0 Å². The van der Waals surface area contributed by atoms with E-state index >= 15 is 0 Å². The molecule has 3 rings (SSSR count). The lowest BCUT2D eigenvalue weighted by Crippen LogP contribution is -2.23. The Morgan fingerprint density at radius 2 is 2.04 bits per heavy atom. The van der Waals surface area contributed by atoms with Gasteiger partial charge in [0.15, 0.2) is 0 Å². The molecule has 0 saturated carbocycles. The molecule has 4 heteroatoms. The fourth-order valence-electron chi connectivity index (χ4n) is 3.79. The zero-order chi connectivity index (χ0) is 17.5. The minimum atomic E-state index is -0.812. The Kier molecular flexibility index (Phi) is 4.47. The summed E-state index contributed by atoms with van der Waals surface area (Å²) in [5.41, 5.74) is 0.742. The maximum atomic E-state index is 11.9. The van der Waals surface area contributed by atoms with E-state index in [4.69, 9.17) is 9.47 Å². The Bertz CT molecular complexity index is 601. The van der Waals surface area contributed by atoms with Gasteiger partial charge in [-0.25, -0.2) is 4.79 Å². The topological polar surface area (TPSA) is 59.1 Å².